The first-order valence-corrected chi connectivity index (χ1v) is 31.8. The third-order valence-corrected chi connectivity index (χ3v) is 21.5. The quantitative estimate of drug-likeness (QED) is 0.164. The monoisotopic (exact) mass is 1020 g/mol. The van der Waals surface area contributed by atoms with Crippen LogP contribution < -0.4 is 0 Å². The van der Waals surface area contributed by atoms with Crippen LogP contribution in [-0.4, -0.2) is 62.8 Å². The molecule has 312 valence electrons. The Bertz CT molecular complexity index is 2780. The SMILES string of the molecule is CS(=O)c1cc(S(C)=O)c2cc1sc1cccc(c1)sc1cc(sc3cccc(c3)sc3cc(sc4cccc(c4)s2)c(S(C)=O)cc3S(C)=O)c(S(C)=O)cc1S(C)=O. The first-order chi connectivity index (χ1) is 28.6. The van der Waals surface area contributed by atoms with Crippen molar-refractivity contribution in [2.45, 2.75) is 29.4 Å². The molecule has 6 unspecified atom stereocenters. The molecule has 0 spiro atoms. The van der Waals surface area contributed by atoms with Gasteiger partial charge in [0.05, 0.1) is 94.2 Å². The maximum atomic E-state index is 13.2. The lowest BCUT2D eigenvalue weighted by Crippen LogP contribution is -1.93. The minimum absolute atomic E-state index is 0.584. The fourth-order valence-corrected chi connectivity index (χ4v) is 18.8. The molecule has 12 bridgehead atoms. The van der Waals surface area contributed by atoms with E-state index in [1.165, 1.54) is 68.0 Å². The molecule has 0 saturated carbocycles. The smallest absolute Gasteiger partial charge is 0.0570 e. The summed E-state index contributed by atoms with van der Waals surface area (Å²) in [5, 5.41) is 0. The summed E-state index contributed by atoms with van der Waals surface area (Å²) in [5.41, 5.74) is 0. The Balaban J connectivity index is 1.71. The van der Waals surface area contributed by atoms with E-state index in [0.29, 0.717) is 29.4 Å². The van der Waals surface area contributed by atoms with Gasteiger partial charge in [0.25, 0.3) is 0 Å². The molecule has 0 amide bonds. The molecule has 0 fully saturated rings. The first-order valence-electron chi connectivity index (χ1n) is 17.6. The molecule has 6 aromatic carbocycles. The largest absolute Gasteiger partial charge is 0.255 e. The lowest BCUT2D eigenvalue weighted by molar-refractivity contribution is 0.684. The Morgan fingerprint density at radius 3 is 0.583 bits per heavy atom. The van der Waals surface area contributed by atoms with Crippen molar-refractivity contribution >= 4 is 189 Å². The van der Waals surface area contributed by atoms with Crippen molar-refractivity contribution in [1.82, 2.24) is 0 Å². The maximum Gasteiger partial charge on any atom is 0.0570 e. The molecule has 7 aromatic rings. The first kappa shape index (κ1) is 45.6. The molecule has 0 radical (unpaired) electrons. The van der Waals surface area contributed by atoms with E-state index in [9.17, 15) is 25.3 Å². The molecule has 7 rings (SSSR count). The van der Waals surface area contributed by atoms with Crippen LogP contribution in [0.15, 0.2) is 139 Å². The highest BCUT2D eigenvalue weighted by molar-refractivity contribution is 7.86. The summed E-state index contributed by atoms with van der Waals surface area (Å²) in [4.78, 5) is 3.51. The molecule has 0 aliphatic carbocycles. The second-order valence-corrected chi connectivity index (χ2v) is 27.8. The van der Waals surface area contributed by atoms with E-state index in [1.807, 2.05) is 91.0 Å². The van der Waals surface area contributed by atoms with Gasteiger partial charge in [-0.2, -0.15) is 0 Å². The Hall–Kier alpha value is -2.46. The van der Waals surface area contributed by atoms with Crippen LogP contribution in [0, 0.1) is 0 Å². The van der Waals surface area contributed by atoms with E-state index in [4.69, 9.17) is 0 Å². The number of hydrogen-bond donors (Lipinski definition) is 0. The molecule has 1 heterocycles. The van der Waals surface area contributed by atoms with Crippen molar-refractivity contribution < 1.29 is 25.3 Å². The van der Waals surface area contributed by atoms with E-state index in [2.05, 4.69) is 0 Å². The maximum absolute atomic E-state index is 13.2. The van der Waals surface area contributed by atoms with Crippen molar-refractivity contribution in [3.05, 3.63) is 109 Å². The minimum atomic E-state index is -1.38. The summed E-state index contributed by atoms with van der Waals surface area (Å²) in [6, 6.07) is 35.2. The van der Waals surface area contributed by atoms with Gasteiger partial charge in [0.1, 0.15) is 0 Å². The number of rotatable bonds is 6. The van der Waals surface area contributed by atoms with Crippen LogP contribution in [0.4, 0.5) is 0 Å². The van der Waals surface area contributed by atoms with Crippen LogP contribution in [-0.2, 0) is 64.8 Å². The molecular weight excluding hydrogens is 985 g/mol. The van der Waals surface area contributed by atoms with Crippen LogP contribution in [0.1, 0.15) is 0 Å². The van der Waals surface area contributed by atoms with Crippen LogP contribution in [0.3, 0.4) is 0 Å². The van der Waals surface area contributed by atoms with Gasteiger partial charge in [0.15, 0.2) is 0 Å². The zero-order valence-electron chi connectivity index (χ0n) is 32.7. The second kappa shape index (κ2) is 19.9. The number of fused-ring (bicyclic) bond motifs is 12. The van der Waals surface area contributed by atoms with E-state index >= 15 is 0 Å². The highest BCUT2D eigenvalue weighted by Gasteiger charge is 2.14. The van der Waals surface area contributed by atoms with Gasteiger partial charge < -0.3 is 0 Å². The molecule has 18 heteroatoms. The summed E-state index contributed by atoms with van der Waals surface area (Å²) in [6.07, 6.45) is 9.74. The van der Waals surface area contributed by atoms with Crippen molar-refractivity contribution in [3.8, 4) is 0 Å². The molecule has 0 aliphatic heterocycles. The fourth-order valence-electron chi connectivity index (χ4n) is 5.96. The highest BCUT2D eigenvalue weighted by atomic mass is 32.2. The highest BCUT2D eigenvalue weighted by Crippen LogP contribution is 2.36. The van der Waals surface area contributed by atoms with Crippen molar-refractivity contribution in [2.24, 2.45) is 0 Å². The Kier molecular flexibility index (Phi) is 15.1. The predicted molar refractivity (Wildman–Crippen MR) is 272 cm³/mol. The van der Waals surface area contributed by atoms with Crippen LogP contribution in [0.25, 0.3) is 56.4 Å². The van der Waals surface area contributed by atoms with Crippen molar-refractivity contribution in [1.29, 1.82) is 0 Å². The molecule has 0 aliphatic rings. The normalized spacial score (nSPS) is 14.5. The van der Waals surface area contributed by atoms with Crippen LogP contribution >= 0.6 is 68.0 Å². The zero-order valence-corrected chi connectivity index (χ0v) is 42.5. The molecule has 60 heavy (non-hydrogen) atoms. The average molecular weight is 1020 g/mol. The summed E-state index contributed by atoms with van der Waals surface area (Å²) >= 11 is 8.84. The Morgan fingerprint density at radius 1 is 0.267 bits per heavy atom. The summed E-state index contributed by atoms with van der Waals surface area (Å²) < 4.78 is 89.4. The second-order valence-electron chi connectivity index (χ2n) is 13.0. The van der Waals surface area contributed by atoms with Crippen molar-refractivity contribution in [2.75, 3.05) is 37.5 Å². The van der Waals surface area contributed by atoms with Gasteiger partial charge in [0, 0.05) is 93.9 Å². The van der Waals surface area contributed by atoms with Gasteiger partial charge >= 0.3 is 0 Å². The predicted octanol–water partition coefficient (Wildman–Crippen LogP) is 12.5. The molecule has 6 nitrogen and oxygen atoms in total. The number of benzene rings is 6. The van der Waals surface area contributed by atoms with Gasteiger partial charge in [-0.15, -0.1) is 68.0 Å². The molecule has 0 N–H and O–H groups in total. The summed E-state index contributed by atoms with van der Waals surface area (Å²) in [5.74, 6) is 0. The van der Waals surface area contributed by atoms with E-state index < -0.39 is 64.8 Å². The fraction of sp³-hybridized carbons (Fsp3) is 0.143. The topological polar surface area (TPSA) is 102 Å². The van der Waals surface area contributed by atoms with Gasteiger partial charge in [0.2, 0.25) is 0 Å². The van der Waals surface area contributed by atoms with Crippen LogP contribution in [0.5, 0.6) is 0 Å². The average Bonchev–Trinajstić information content (AvgIpc) is 3.17. The Morgan fingerprint density at radius 2 is 0.433 bits per heavy atom. The molecule has 6 atom stereocenters. The van der Waals surface area contributed by atoms with Gasteiger partial charge in [-0.1, -0.05) is 18.2 Å². The van der Waals surface area contributed by atoms with Gasteiger partial charge in [-0.3, -0.25) is 25.3 Å². The van der Waals surface area contributed by atoms with E-state index in [-0.39, 0.29) is 0 Å². The lowest BCUT2D eigenvalue weighted by atomic mass is 10.3. The van der Waals surface area contributed by atoms with E-state index in [0.717, 1.165) is 56.4 Å². The van der Waals surface area contributed by atoms with Crippen molar-refractivity contribution in [3.63, 3.8) is 0 Å². The molecule has 0 saturated heterocycles. The third-order valence-electron chi connectivity index (χ3n) is 8.67. The Labute approximate surface area is 386 Å². The number of hydrogen-bond acceptors (Lipinski definition) is 12. The third kappa shape index (κ3) is 10.8. The standard InChI is InChI=1S/C42H36O6S12/c1-55(43)37-22-38(56(2)44)32-19-31(37)49-25-10-7-11-26(16-25)51-33-20-34(40(58(4)46)23-39(33)57(3)45)53-29-14-9-15-30(18-29)54-36-21-35(41(59(5)47)24-42(36)60(6)48)52-28-13-8-12-27(17-28)50-32/h7-24H,1-6H3. The van der Waals surface area contributed by atoms with Gasteiger partial charge in [-0.25, -0.2) is 0 Å². The minimum Gasteiger partial charge on any atom is -0.255 e. The molecule has 1 aromatic heterocycles. The lowest BCUT2D eigenvalue weighted by Gasteiger charge is -2.06. The van der Waals surface area contributed by atoms with Gasteiger partial charge in [-0.05, 0) is 91.0 Å². The van der Waals surface area contributed by atoms with Crippen LogP contribution in [0.2, 0.25) is 0 Å². The summed E-state index contributed by atoms with van der Waals surface area (Å²) in [6.45, 7) is 0. The summed E-state index contributed by atoms with van der Waals surface area (Å²) in [7, 11) is -8.29. The van der Waals surface area contributed by atoms with E-state index in [1.54, 1.807) is 55.7 Å². The zero-order chi connectivity index (χ0) is 42.8. The molecular formula is C42H36O6S12.